The van der Waals surface area contributed by atoms with Crippen molar-refractivity contribution in [2.75, 3.05) is 0 Å². The Morgan fingerprint density at radius 3 is 2.60 bits per heavy atom. The summed E-state index contributed by atoms with van der Waals surface area (Å²) in [6.07, 6.45) is 0.199. The van der Waals surface area contributed by atoms with Gasteiger partial charge in [0.05, 0.1) is 0 Å². The number of fused-ring (bicyclic) bond motifs is 1. The Morgan fingerprint density at radius 2 is 1.90 bits per heavy atom. The van der Waals surface area contributed by atoms with Crippen molar-refractivity contribution in [3.63, 3.8) is 0 Å². The molecule has 0 saturated heterocycles. The zero-order valence-corrected chi connectivity index (χ0v) is 12.4. The van der Waals surface area contributed by atoms with Gasteiger partial charge < -0.3 is 9.84 Å². The Kier molecular flexibility index (Phi) is 3.63. The van der Waals surface area contributed by atoms with Gasteiger partial charge in [-0.3, -0.25) is 0 Å². The van der Waals surface area contributed by atoms with Crippen LogP contribution in [-0.4, -0.2) is 11.2 Å². The zero-order valence-electron chi connectivity index (χ0n) is 10.9. The average Bonchev–Trinajstić information content (AvgIpc) is 2.77. The molecule has 0 amide bonds. The summed E-state index contributed by atoms with van der Waals surface area (Å²) in [5, 5.41) is 11.5. The molecule has 0 aliphatic carbocycles. The Hall–Kier alpha value is -1.22. The van der Waals surface area contributed by atoms with Gasteiger partial charge in [0.2, 0.25) is 0 Å². The Labute approximate surface area is 127 Å². The molecule has 1 aliphatic rings. The molecule has 2 atom stereocenters. The second kappa shape index (κ2) is 5.28. The predicted molar refractivity (Wildman–Crippen MR) is 80.8 cm³/mol. The first-order valence-corrected chi connectivity index (χ1v) is 7.23. The molecule has 1 heterocycles. The van der Waals surface area contributed by atoms with Gasteiger partial charge in [0.15, 0.2) is 0 Å². The maximum absolute atomic E-state index is 10.5. The molecule has 0 spiro atoms. The quantitative estimate of drug-likeness (QED) is 0.891. The maximum atomic E-state index is 10.5. The van der Waals surface area contributed by atoms with E-state index in [9.17, 15) is 5.11 Å². The van der Waals surface area contributed by atoms with Crippen molar-refractivity contribution >= 4 is 23.2 Å². The fraction of sp³-hybridized carbons (Fsp3) is 0.250. The van der Waals surface area contributed by atoms with Crippen molar-refractivity contribution in [3.8, 4) is 5.75 Å². The normalized spacial score (nSPS) is 18.5. The molecule has 1 N–H and O–H groups in total. The van der Waals surface area contributed by atoms with E-state index in [0.717, 1.165) is 23.3 Å². The molecule has 2 aromatic rings. The van der Waals surface area contributed by atoms with Crippen LogP contribution in [0.4, 0.5) is 0 Å². The third-order valence-electron chi connectivity index (χ3n) is 3.51. The lowest BCUT2D eigenvalue weighted by molar-refractivity contribution is 0.220. The van der Waals surface area contributed by atoms with Gasteiger partial charge in [-0.05, 0) is 42.3 Å². The molecule has 0 radical (unpaired) electrons. The van der Waals surface area contributed by atoms with E-state index in [2.05, 4.69) is 0 Å². The number of halogens is 2. The predicted octanol–water partition coefficient (Wildman–Crippen LogP) is 4.40. The summed E-state index contributed by atoms with van der Waals surface area (Å²) in [5.74, 6) is 0.888. The summed E-state index contributed by atoms with van der Waals surface area (Å²) in [6, 6.07) is 10.9. The monoisotopic (exact) mass is 308 g/mol. The average molecular weight is 309 g/mol. The van der Waals surface area contributed by atoms with Crippen molar-refractivity contribution in [1.29, 1.82) is 0 Å². The summed E-state index contributed by atoms with van der Waals surface area (Å²) in [6.45, 7) is 2.03. The lowest BCUT2D eigenvalue weighted by atomic mass is 9.98. The molecule has 0 bridgehead atoms. The first kappa shape index (κ1) is 13.7. The molecule has 0 aromatic heterocycles. The highest BCUT2D eigenvalue weighted by molar-refractivity contribution is 6.36. The van der Waals surface area contributed by atoms with Crippen LogP contribution in [0.3, 0.4) is 0 Å². The highest BCUT2D eigenvalue weighted by Crippen LogP contribution is 2.37. The van der Waals surface area contributed by atoms with E-state index in [1.165, 1.54) is 0 Å². The largest absolute Gasteiger partial charge is 0.490 e. The van der Waals surface area contributed by atoms with Gasteiger partial charge in [-0.1, -0.05) is 35.3 Å². The second-order valence-electron chi connectivity index (χ2n) is 5.04. The third kappa shape index (κ3) is 2.39. The molecule has 0 saturated carbocycles. The van der Waals surface area contributed by atoms with Crippen molar-refractivity contribution in [2.24, 2.45) is 0 Å². The van der Waals surface area contributed by atoms with E-state index in [4.69, 9.17) is 27.9 Å². The topological polar surface area (TPSA) is 29.5 Å². The summed E-state index contributed by atoms with van der Waals surface area (Å²) in [4.78, 5) is 0. The number of hydrogen-bond acceptors (Lipinski definition) is 2. The van der Waals surface area contributed by atoms with Crippen molar-refractivity contribution in [3.05, 3.63) is 63.1 Å². The van der Waals surface area contributed by atoms with Gasteiger partial charge in [-0.15, -0.1) is 0 Å². The van der Waals surface area contributed by atoms with Gasteiger partial charge in [0.25, 0.3) is 0 Å². The van der Waals surface area contributed by atoms with E-state index in [-0.39, 0.29) is 6.10 Å². The summed E-state index contributed by atoms with van der Waals surface area (Å²) < 4.78 is 5.66. The van der Waals surface area contributed by atoms with Gasteiger partial charge in [-0.25, -0.2) is 0 Å². The number of aliphatic hydroxyl groups is 1. The number of aliphatic hydroxyl groups excluding tert-OH is 1. The van der Waals surface area contributed by atoms with Crippen LogP contribution in [0, 0.1) is 0 Å². The van der Waals surface area contributed by atoms with E-state index in [0.29, 0.717) is 15.6 Å². The van der Waals surface area contributed by atoms with Gasteiger partial charge in [0, 0.05) is 22.0 Å². The van der Waals surface area contributed by atoms with E-state index in [1.54, 1.807) is 18.2 Å². The minimum absolute atomic E-state index is 0.182. The third-order valence-corrected chi connectivity index (χ3v) is 4.17. The van der Waals surface area contributed by atoms with E-state index in [1.807, 2.05) is 25.1 Å². The lowest BCUT2D eigenvalue weighted by Crippen LogP contribution is -2.05. The second-order valence-corrected chi connectivity index (χ2v) is 5.85. The summed E-state index contributed by atoms with van der Waals surface area (Å²) in [7, 11) is 0. The standard InChI is InChI=1S/C16H14Cl2O2/c1-9-7-11-8-10(5-6-14(11)20-9)16(19)15-12(17)3-2-4-13(15)18/h2-6,8-9,16,19H,7H2,1H3. The van der Waals surface area contributed by atoms with Crippen LogP contribution in [-0.2, 0) is 6.42 Å². The highest BCUT2D eigenvalue weighted by Gasteiger charge is 2.22. The van der Waals surface area contributed by atoms with Gasteiger partial charge in [0.1, 0.15) is 18.0 Å². The molecule has 2 nitrogen and oxygen atoms in total. The Bertz CT molecular complexity index is 635. The molecular weight excluding hydrogens is 295 g/mol. The van der Waals surface area contributed by atoms with Gasteiger partial charge >= 0.3 is 0 Å². The van der Waals surface area contributed by atoms with Crippen LogP contribution < -0.4 is 4.74 Å². The molecule has 4 heteroatoms. The number of ether oxygens (including phenoxy) is 1. The van der Waals surface area contributed by atoms with E-state index >= 15 is 0 Å². The fourth-order valence-corrected chi connectivity index (χ4v) is 3.15. The summed E-state index contributed by atoms with van der Waals surface area (Å²) in [5.41, 5.74) is 2.43. The Morgan fingerprint density at radius 1 is 1.20 bits per heavy atom. The molecule has 20 heavy (non-hydrogen) atoms. The van der Waals surface area contributed by atoms with Crippen LogP contribution in [0.25, 0.3) is 0 Å². The molecule has 3 rings (SSSR count). The van der Waals surface area contributed by atoms with Crippen LogP contribution in [0.2, 0.25) is 10.0 Å². The van der Waals surface area contributed by atoms with Crippen LogP contribution in [0.15, 0.2) is 36.4 Å². The van der Waals surface area contributed by atoms with Crippen molar-refractivity contribution in [2.45, 2.75) is 25.6 Å². The lowest BCUT2D eigenvalue weighted by Gasteiger charge is -2.15. The maximum Gasteiger partial charge on any atom is 0.123 e. The minimum atomic E-state index is -0.836. The molecule has 0 fully saturated rings. The van der Waals surface area contributed by atoms with Gasteiger partial charge in [-0.2, -0.15) is 0 Å². The van der Waals surface area contributed by atoms with E-state index < -0.39 is 6.10 Å². The number of benzene rings is 2. The zero-order chi connectivity index (χ0) is 14.3. The smallest absolute Gasteiger partial charge is 0.123 e. The Balaban J connectivity index is 2.00. The molecule has 2 aromatic carbocycles. The van der Waals surface area contributed by atoms with Crippen LogP contribution >= 0.6 is 23.2 Å². The highest BCUT2D eigenvalue weighted by atomic mass is 35.5. The number of rotatable bonds is 2. The van der Waals surface area contributed by atoms with Crippen molar-refractivity contribution in [1.82, 2.24) is 0 Å². The molecule has 1 aliphatic heterocycles. The molecule has 2 unspecified atom stereocenters. The first-order valence-electron chi connectivity index (χ1n) is 6.47. The number of hydrogen-bond donors (Lipinski definition) is 1. The van der Waals surface area contributed by atoms with Crippen LogP contribution in [0.1, 0.15) is 29.7 Å². The minimum Gasteiger partial charge on any atom is -0.490 e. The molecular formula is C16H14Cl2O2. The van der Waals surface area contributed by atoms with Crippen molar-refractivity contribution < 1.29 is 9.84 Å². The summed E-state index contributed by atoms with van der Waals surface area (Å²) >= 11 is 12.3. The molecule has 104 valence electrons. The fourth-order valence-electron chi connectivity index (χ4n) is 2.55. The first-order chi connectivity index (χ1) is 9.56. The SMILES string of the molecule is CC1Cc2cc(C(O)c3c(Cl)cccc3Cl)ccc2O1. The van der Waals surface area contributed by atoms with Crippen LogP contribution in [0.5, 0.6) is 5.75 Å².